The quantitative estimate of drug-likeness (QED) is 0.721. The van der Waals surface area contributed by atoms with Gasteiger partial charge in [-0.3, -0.25) is 4.79 Å². The Morgan fingerprint density at radius 2 is 2.06 bits per heavy atom. The summed E-state index contributed by atoms with van der Waals surface area (Å²) < 4.78 is 5.41. The number of Topliss-reactive ketones (excluding diaryl/α,β-unsaturated/α-hetero) is 1. The highest BCUT2D eigenvalue weighted by molar-refractivity contribution is 6.15. The standard InChI is InChI=1S/C15H14O2/c16-15(11-6-2-1-3-7-11)13-10-17-14-9-5-4-8-12(13)14/h4-6,8-10H,1-3,7H2. The molecule has 1 heterocycles. The average molecular weight is 226 g/mol. The van der Waals surface area contributed by atoms with E-state index in [0.29, 0.717) is 5.56 Å². The van der Waals surface area contributed by atoms with Crippen molar-refractivity contribution in [2.24, 2.45) is 0 Å². The Hall–Kier alpha value is -1.83. The van der Waals surface area contributed by atoms with Gasteiger partial charge in [0, 0.05) is 5.39 Å². The molecule has 0 atom stereocenters. The van der Waals surface area contributed by atoms with Gasteiger partial charge in [0.25, 0.3) is 0 Å². The van der Waals surface area contributed by atoms with Gasteiger partial charge in [-0.25, -0.2) is 0 Å². The van der Waals surface area contributed by atoms with Crippen LogP contribution in [0.15, 0.2) is 46.6 Å². The lowest BCUT2D eigenvalue weighted by Crippen LogP contribution is -2.05. The van der Waals surface area contributed by atoms with Crippen LogP contribution in [0.1, 0.15) is 36.0 Å². The number of allylic oxidation sites excluding steroid dienone is 2. The van der Waals surface area contributed by atoms with Crippen LogP contribution in [0.2, 0.25) is 0 Å². The fraction of sp³-hybridized carbons (Fsp3) is 0.267. The van der Waals surface area contributed by atoms with Gasteiger partial charge < -0.3 is 4.42 Å². The summed E-state index contributed by atoms with van der Waals surface area (Å²) in [6.45, 7) is 0. The fourth-order valence-electron chi connectivity index (χ4n) is 2.37. The molecule has 0 saturated carbocycles. The molecule has 0 aliphatic heterocycles. The molecule has 0 spiro atoms. The monoisotopic (exact) mass is 226 g/mol. The summed E-state index contributed by atoms with van der Waals surface area (Å²) in [4.78, 5) is 12.3. The van der Waals surface area contributed by atoms with E-state index in [9.17, 15) is 4.79 Å². The third-order valence-corrected chi connectivity index (χ3v) is 3.31. The van der Waals surface area contributed by atoms with Crippen molar-refractivity contribution in [2.45, 2.75) is 25.7 Å². The second-order valence-electron chi connectivity index (χ2n) is 4.45. The van der Waals surface area contributed by atoms with E-state index >= 15 is 0 Å². The molecule has 1 aromatic heterocycles. The first kappa shape index (κ1) is 10.3. The number of rotatable bonds is 2. The van der Waals surface area contributed by atoms with Crippen molar-refractivity contribution in [1.82, 2.24) is 0 Å². The van der Waals surface area contributed by atoms with Crippen LogP contribution in [0.3, 0.4) is 0 Å². The molecule has 3 rings (SSSR count). The number of furan rings is 1. The Morgan fingerprint density at radius 1 is 1.18 bits per heavy atom. The maximum Gasteiger partial charge on any atom is 0.192 e. The molecule has 0 unspecified atom stereocenters. The molecule has 0 bridgehead atoms. The van der Waals surface area contributed by atoms with E-state index in [1.807, 2.05) is 24.3 Å². The van der Waals surface area contributed by atoms with Gasteiger partial charge in [0.2, 0.25) is 0 Å². The SMILES string of the molecule is O=C(C1=CCCCC1)c1coc2ccccc12. The Kier molecular flexibility index (Phi) is 2.56. The third-order valence-electron chi connectivity index (χ3n) is 3.31. The lowest BCUT2D eigenvalue weighted by molar-refractivity contribution is 0.102. The molecule has 17 heavy (non-hydrogen) atoms. The van der Waals surface area contributed by atoms with Crippen molar-refractivity contribution in [3.05, 3.63) is 47.7 Å². The molecule has 0 radical (unpaired) electrons. The Balaban J connectivity index is 2.03. The van der Waals surface area contributed by atoms with Gasteiger partial charge in [0.1, 0.15) is 11.8 Å². The minimum absolute atomic E-state index is 0.134. The second kappa shape index (κ2) is 4.21. The van der Waals surface area contributed by atoms with E-state index in [-0.39, 0.29) is 5.78 Å². The number of hydrogen-bond acceptors (Lipinski definition) is 2. The third kappa shape index (κ3) is 1.80. The predicted octanol–water partition coefficient (Wildman–Crippen LogP) is 4.12. The normalized spacial score (nSPS) is 15.9. The zero-order valence-corrected chi connectivity index (χ0v) is 9.61. The van der Waals surface area contributed by atoms with E-state index in [0.717, 1.165) is 35.8 Å². The first-order chi connectivity index (χ1) is 8.36. The summed E-state index contributed by atoms with van der Waals surface area (Å²) in [7, 11) is 0. The van der Waals surface area contributed by atoms with Crippen LogP contribution in [0, 0.1) is 0 Å². The number of carbonyl (C=O) groups is 1. The highest BCUT2D eigenvalue weighted by atomic mass is 16.3. The Labute approximate surface area is 99.9 Å². The molecule has 0 N–H and O–H groups in total. The molecule has 2 nitrogen and oxygen atoms in total. The van der Waals surface area contributed by atoms with E-state index in [2.05, 4.69) is 6.08 Å². The van der Waals surface area contributed by atoms with Gasteiger partial charge >= 0.3 is 0 Å². The molecule has 2 aromatic rings. The Bertz CT molecular complexity index is 590. The number of hydrogen-bond donors (Lipinski definition) is 0. The summed E-state index contributed by atoms with van der Waals surface area (Å²) in [5.41, 5.74) is 2.43. The summed E-state index contributed by atoms with van der Waals surface area (Å²) in [5, 5.41) is 0.920. The molecule has 1 aromatic carbocycles. The van der Waals surface area contributed by atoms with Crippen molar-refractivity contribution < 1.29 is 9.21 Å². The molecule has 0 saturated heterocycles. The van der Waals surface area contributed by atoms with E-state index in [1.165, 1.54) is 6.42 Å². The Morgan fingerprint density at radius 3 is 2.88 bits per heavy atom. The van der Waals surface area contributed by atoms with Crippen LogP contribution in [-0.4, -0.2) is 5.78 Å². The minimum atomic E-state index is 0.134. The molecule has 1 aliphatic rings. The molecule has 2 heteroatoms. The van der Waals surface area contributed by atoms with Crippen LogP contribution in [-0.2, 0) is 0 Å². The largest absolute Gasteiger partial charge is 0.464 e. The van der Waals surface area contributed by atoms with Crippen molar-refractivity contribution in [2.75, 3.05) is 0 Å². The first-order valence-corrected chi connectivity index (χ1v) is 6.06. The highest BCUT2D eigenvalue weighted by Gasteiger charge is 2.18. The summed E-state index contributed by atoms with van der Waals surface area (Å²) in [6.07, 6.45) is 7.90. The number of benzene rings is 1. The minimum Gasteiger partial charge on any atom is -0.464 e. The number of para-hydroxylation sites is 1. The van der Waals surface area contributed by atoms with E-state index < -0.39 is 0 Å². The van der Waals surface area contributed by atoms with Crippen LogP contribution in [0.5, 0.6) is 0 Å². The van der Waals surface area contributed by atoms with Crippen LogP contribution < -0.4 is 0 Å². The van der Waals surface area contributed by atoms with Gasteiger partial charge in [0.15, 0.2) is 5.78 Å². The van der Waals surface area contributed by atoms with E-state index in [1.54, 1.807) is 6.26 Å². The molecule has 0 amide bonds. The lowest BCUT2D eigenvalue weighted by Gasteiger charge is -2.10. The molecular weight excluding hydrogens is 212 g/mol. The summed E-state index contributed by atoms with van der Waals surface area (Å²) in [6, 6.07) is 7.68. The predicted molar refractivity (Wildman–Crippen MR) is 67.1 cm³/mol. The van der Waals surface area contributed by atoms with Gasteiger partial charge in [0.05, 0.1) is 5.56 Å². The molecule has 0 fully saturated rings. The number of fused-ring (bicyclic) bond motifs is 1. The highest BCUT2D eigenvalue weighted by Crippen LogP contribution is 2.26. The smallest absolute Gasteiger partial charge is 0.192 e. The molecule has 86 valence electrons. The topological polar surface area (TPSA) is 30.2 Å². The number of ketones is 1. The van der Waals surface area contributed by atoms with Crippen molar-refractivity contribution in [3.8, 4) is 0 Å². The summed E-state index contributed by atoms with van der Waals surface area (Å²) >= 11 is 0. The maximum absolute atomic E-state index is 12.3. The lowest BCUT2D eigenvalue weighted by atomic mass is 9.93. The van der Waals surface area contributed by atoms with Gasteiger partial charge in [-0.1, -0.05) is 24.3 Å². The summed E-state index contributed by atoms with van der Waals surface area (Å²) in [5.74, 6) is 0.134. The zero-order chi connectivity index (χ0) is 11.7. The van der Waals surface area contributed by atoms with Gasteiger partial charge in [-0.2, -0.15) is 0 Å². The first-order valence-electron chi connectivity index (χ1n) is 6.06. The van der Waals surface area contributed by atoms with Crippen molar-refractivity contribution in [1.29, 1.82) is 0 Å². The number of carbonyl (C=O) groups excluding carboxylic acids is 1. The van der Waals surface area contributed by atoms with Crippen molar-refractivity contribution >= 4 is 16.8 Å². The maximum atomic E-state index is 12.3. The van der Waals surface area contributed by atoms with Gasteiger partial charge in [-0.05, 0) is 37.3 Å². The average Bonchev–Trinajstić information content (AvgIpc) is 2.83. The second-order valence-corrected chi connectivity index (χ2v) is 4.45. The molecule has 1 aliphatic carbocycles. The fourth-order valence-corrected chi connectivity index (χ4v) is 2.37. The van der Waals surface area contributed by atoms with Gasteiger partial charge in [-0.15, -0.1) is 0 Å². The van der Waals surface area contributed by atoms with E-state index in [4.69, 9.17) is 4.42 Å². The van der Waals surface area contributed by atoms with Crippen molar-refractivity contribution in [3.63, 3.8) is 0 Å². The zero-order valence-electron chi connectivity index (χ0n) is 9.61. The van der Waals surface area contributed by atoms with Crippen LogP contribution in [0.25, 0.3) is 11.0 Å². The van der Waals surface area contributed by atoms with Crippen LogP contribution in [0.4, 0.5) is 0 Å². The van der Waals surface area contributed by atoms with Crippen LogP contribution >= 0.6 is 0 Å². The molecular formula is C15H14O2.